The highest BCUT2D eigenvalue weighted by molar-refractivity contribution is 5.59. The highest BCUT2D eigenvalue weighted by Gasteiger charge is 2.56. The lowest BCUT2D eigenvalue weighted by molar-refractivity contribution is -0.199. The standard InChI is InChI=1S/C17H21FN2O2/c1-2-22-16-10-15(21)17(16)5-7-20(8-6-17)14-4-3-13(18)9-12(14)11-19/h3-4,9,15-16,21H,2,5-8,10H2,1H3/t15-,16-/m1/s1. The van der Waals surface area contributed by atoms with Crippen molar-refractivity contribution in [3.05, 3.63) is 29.6 Å². The van der Waals surface area contributed by atoms with E-state index in [1.807, 2.05) is 6.92 Å². The topological polar surface area (TPSA) is 56.5 Å². The quantitative estimate of drug-likeness (QED) is 0.932. The fourth-order valence-corrected chi connectivity index (χ4v) is 3.85. The summed E-state index contributed by atoms with van der Waals surface area (Å²) in [6.07, 6.45) is 2.23. The normalized spacial score (nSPS) is 26.5. The lowest BCUT2D eigenvalue weighted by Gasteiger charge is -2.57. The van der Waals surface area contributed by atoms with Gasteiger partial charge >= 0.3 is 0 Å². The maximum atomic E-state index is 13.3. The molecule has 0 amide bonds. The molecule has 0 radical (unpaired) electrons. The van der Waals surface area contributed by atoms with E-state index in [2.05, 4.69) is 11.0 Å². The summed E-state index contributed by atoms with van der Waals surface area (Å²) < 4.78 is 19.0. The molecule has 1 aliphatic heterocycles. The van der Waals surface area contributed by atoms with Gasteiger partial charge in [0.25, 0.3) is 0 Å². The second kappa shape index (κ2) is 5.86. The van der Waals surface area contributed by atoms with E-state index >= 15 is 0 Å². The molecule has 1 heterocycles. The largest absolute Gasteiger partial charge is 0.392 e. The first-order chi connectivity index (χ1) is 10.6. The Labute approximate surface area is 130 Å². The zero-order valence-electron chi connectivity index (χ0n) is 12.8. The Bertz CT molecular complexity index is 589. The van der Waals surface area contributed by atoms with Crippen LogP contribution in [0, 0.1) is 22.6 Å². The van der Waals surface area contributed by atoms with Gasteiger partial charge in [-0.05, 0) is 38.0 Å². The van der Waals surface area contributed by atoms with Crippen molar-refractivity contribution in [3.8, 4) is 6.07 Å². The Morgan fingerprint density at radius 2 is 2.18 bits per heavy atom. The van der Waals surface area contributed by atoms with Crippen molar-refractivity contribution in [2.24, 2.45) is 5.41 Å². The number of aliphatic hydroxyl groups excluding tert-OH is 1. The van der Waals surface area contributed by atoms with Gasteiger partial charge in [0, 0.05) is 31.5 Å². The minimum atomic E-state index is -0.389. The Hall–Kier alpha value is -1.64. The van der Waals surface area contributed by atoms with Crippen molar-refractivity contribution in [2.75, 3.05) is 24.6 Å². The summed E-state index contributed by atoms with van der Waals surface area (Å²) >= 11 is 0. The molecule has 5 heteroatoms. The van der Waals surface area contributed by atoms with Crippen LogP contribution in [0.15, 0.2) is 18.2 Å². The summed E-state index contributed by atoms with van der Waals surface area (Å²) in [5, 5.41) is 19.4. The predicted molar refractivity (Wildman–Crippen MR) is 81.0 cm³/mol. The Balaban J connectivity index is 1.74. The van der Waals surface area contributed by atoms with Gasteiger partial charge in [-0.3, -0.25) is 0 Å². The summed E-state index contributed by atoms with van der Waals surface area (Å²) in [7, 11) is 0. The molecule has 1 N–H and O–H groups in total. The molecule has 4 nitrogen and oxygen atoms in total. The third-order valence-corrected chi connectivity index (χ3v) is 5.22. The van der Waals surface area contributed by atoms with Crippen LogP contribution in [-0.2, 0) is 4.74 Å². The van der Waals surface area contributed by atoms with E-state index in [-0.39, 0.29) is 23.4 Å². The molecule has 0 bridgehead atoms. The zero-order chi connectivity index (χ0) is 15.7. The maximum Gasteiger partial charge on any atom is 0.124 e. The molecule has 1 spiro atoms. The number of piperidine rings is 1. The number of aliphatic hydroxyl groups is 1. The number of ether oxygens (including phenoxy) is 1. The molecule has 2 aliphatic rings. The number of benzene rings is 1. The Kier molecular flexibility index (Phi) is 4.07. The molecule has 1 aromatic rings. The number of nitrogens with zero attached hydrogens (tertiary/aromatic N) is 2. The van der Waals surface area contributed by atoms with Gasteiger partial charge in [0.2, 0.25) is 0 Å². The van der Waals surface area contributed by atoms with E-state index in [1.165, 1.54) is 12.1 Å². The average Bonchev–Trinajstić information content (AvgIpc) is 2.55. The van der Waals surface area contributed by atoms with Gasteiger partial charge in [0.1, 0.15) is 11.9 Å². The van der Waals surface area contributed by atoms with Crippen LogP contribution in [0.5, 0.6) is 0 Å². The number of hydrogen-bond acceptors (Lipinski definition) is 4. The van der Waals surface area contributed by atoms with E-state index in [4.69, 9.17) is 4.74 Å². The molecule has 22 heavy (non-hydrogen) atoms. The molecule has 3 rings (SSSR count). The molecule has 0 unspecified atom stereocenters. The van der Waals surface area contributed by atoms with Crippen LogP contribution in [0.2, 0.25) is 0 Å². The number of rotatable bonds is 3. The van der Waals surface area contributed by atoms with Gasteiger partial charge in [0.15, 0.2) is 0 Å². The fourth-order valence-electron chi connectivity index (χ4n) is 3.85. The third kappa shape index (κ3) is 2.37. The molecular formula is C17H21FN2O2. The SMILES string of the molecule is CCO[C@@H]1C[C@@H](O)C12CCN(c1ccc(F)cc1C#N)CC2. The summed E-state index contributed by atoms with van der Waals surface area (Å²) in [5.41, 5.74) is 1.01. The molecule has 1 aromatic carbocycles. The zero-order valence-corrected chi connectivity index (χ0v) is 12.8. The van der Waals surface area contributed by atoms with E-state index < -0.39 is 0 Å². The van der Waals surface area contributed by atoms with Crippen molar-refractivity contribution >= 4 is 5.69 Å². The van der Waals surface area contributed by atoms with Crippen LogP contribution in [0.4, 0.5) is 10.1 Å². The molecular weight excluding hydrogens is 283 g/mol. The molecule has 118 valence electrons. The van der Waals surface area contributed by atoms with Crippen LogP contribution >= 0.6 is 0 Å². The van der Waals surface area contributed by atoms with Gasteiger partial charge in [-0.25, -0.2) is 4.39 Å². The Morgan fingerprint density at radius 3 is 2.77 bits per heavy atom. The van der Waals surface area contributed by atoms with Gasteiger partial charge < -0.3 is 14.7 Å². The van der Waals surface area contributed by atoms with E-state index in [0.29, 0.717) is 18.6 Å². The molecule has 1 saturated heterocycles. The maximum absolute atomic E-state index is 13.3. The van der Waals surface area contributed by atoms with Crippen molar-refractivity contribution in [2.45, 2.75) is 38.4 Å². The van der Waals surface area contributed by atoms with Crippen LogP contribution in [0.1, 0.15) is 31.7 Å². The van der Waals surface area contributed by atoms with Crippen LogP contribution in [-0.4, -0.2) is 37.0 Å². The third-order valence-electron chi connectivity index (χ3n) is 5.22. The van der Waals surface area contributed by atoms with Gasteiger partial charge in [-0.15, -0.1) is 0 Å². The fraction of sp³-hybridized carbons (Fsp3) is 0.588. The first-order valence-electron chi connectivity index (χ1n) is 7.85. The van der Waals surface area contributed by atoms with E-state index in [1.54, 1.807) is 6.07 Å². The van der Waals surface area contributed by atoms with E-state index in [9.17, 15) is 14.8 Å². The lowest BCUT2D eigenvalue weighted by Crippen LogP contribution is -2.62. The highest BCUT2D eigenvalue weighted by Crippen LogP contribution is 2.51. The van der Waals surface area contributed by atoms with Crippen molar-refractivity contribution in [3.63, 3.8) is 0 Å². The summed E-state index contributed by atoms with van der Waals surface area (Å²) in [6.45, 7) is 4.15. The molecule has 1 aliphatic carbocycles. The Morgan fingerprint density at radius 1 is 1.45 bits per heavy atom. The van der Waals surface area contributed by atoms with Crippen LogP contribution < -0.4 is 4.90 Å². The lowest BCUT2D eigenvalue weighted by atomic mass is 9.58. The second-order valence-corrected chi connectivity index (χ2v) is 6.19. The van der Waals surface area contributed by atoms with Crippen molar-refractivity contribution in [1.29, 1.82) is 5.26 Å². The van der Waals surface area contributed by atoms with Crippen LogP contribution in [0.25, 0.3) is 0 Å². The predicted octanol–water partition coefficient (Wildman–Crippen LogP) is 2.45. The molecule has 0 aromatic heterocycles. The minimum absolute atomic E-state index is 0.137. The first-order valence-corrected chi connectivity index (χ1v) is 7.85. The van der Waals surface area contributed by atoms with E-state index in [0.717, 1.165) is 31.6 Å². The van der Waals surface area contributed by atoms with Gasteiger partial charge in [-0.1, -0.05) is 0 Å². The second-order valence-electron chi connectivity index (χ2n) is 6.19. The number of anilines is 1. The van der Waals surface area contributed by atoms with Crippen molar-refractivity contribution in [1.82, 2.24) is 0 Å². The van der Waals surface area contributed by atoms with Crippen LogP contribution in [0.3, 0.4) is 0 Å². The summed E-state index contributed by atoms with van der Waals surface area (Å²) in [6, 6.07) is 6.40. The minimum Gasteiger partial charge on any atom is -0.392 e. The molecule has 1 saturated carbocycles. The number of hydrogen-bond donors (Lipinski definition) is 1. The number of halogens is 1. The van der Waals surface area contributed by atoms with Gasteiger partial charge in [0.05, 0.1) is 23.5 Å². The smallest absolute Gasteiger partial charge is 0.124 e. The highest BCUT2D eigenvalue weighted by atomic mass is 19.1. The summed E-state index contributed by atoms with van der Waals surface area (Å²) in [5.74, 6) is -0.389. The van der Waals surface area contributed by atoms with Crippen molar-refractivity contribution < 1.29 is 14.2 Å². The average molecular weight is 304 g/mol. The molecule has 2 fully saturated rings. The monoisotopic (exact) mass is 304 g/mol. The van der Waals surface area contributed by atoms with Gasteiger partial charge in [-0.2, -0.15) is 5.26 Å². The first kappa shape index (κ1) is 15.3. The molecule has 2 atom stereocenters. The summed E-state index contributed by atoms with van der Waals surface area (Å²) in [4.78, 5) is 2.11. The number of nitriles is 1.